The monoisotopic (exact) mass is 589 g/mol. The lowest BCUT2D eigenvalue weighted by atomic mass is 10.1. The number of rotatable bonds is 8. The Kier molecular flexibility index (Phi) is 8.30. The smallest absolute Gasteiger partial charge is 0.253 e. The molecule has 7 nitrogen and oxygen atoms in total. The van der Waals surface area contributed by atoms with E-state index < -0.39 is 17.2 Å². The summed E-state index contributed by atoms with van der Waals surface area (Å²) in [5.74, 6) is -0.320. The van der Waals surface area contributed by atoms with E-state index in [-0.39, 0.29) is 28.1 Å². The van der Waals surface area contributed by atoms with Gasteiger partial charge in [0, 0.05) is 15.9 Å². The van der Waals surface area contributed by atoms with Gasteiger partial charge in [0.1, 0.15) is 5.69 Å². The van der Waals surface area contributed by atoms with Crippen molar-refractivity contribution >= 4 is 67.9 Å². The van der Waals surface area contributed by atoms with Crippen LogP contribution >= 0.6 is 39.3 Å². The lowest BCUT2D eigenvalue weighted by molar-refractivity contribution is 0.0940. The molecule has 0 radical (unpaired) electrons. The predicted molar refractivity (Wildman–Crippen MR) is 142 cm³/mol. The number of anilines is 2. The molecule has 4 rings (SSSR count). The number of nitrogens with one attached hydrogen (secondary N) is 1. The third-order valence-corrected chi connectivity index (χ3v) is 7.22. The predicted octanol–water partition coefficient (Wildman–Crippen LogP) is 5.97. The van der Waals surface area contributed by atoms with Gasteiger partial charge in [-0.1, -0.05) is 70.0 Å². The van der Waals surface area contributed by atoms with E-state index in [1.54, 1.807) is 6.07 Å². The molecule has 11 heteroatoms. The number of hydrogen-bond acceptors (Lipinski definition) is 6. The Hall–Kier alpha value is -2.63. The number of aromatic nitrogens is 2. The molecule has 0 bridgehead atoms. The van der Waals surface area contributed by atoms with Gasteiger partial charge in [-0.3, -0.25) is 13.3 Å². The second-order valence-electron chi connectivity index (χ2n) is 7.62. The minimum Gasteiger partial charge on any atom is -0.755 e. The summed E-state index contributed by atoms with van der Waals surface area (Å²) in [5.41, 5.74) is 2.55. The summed E-state index contributed by atoms with van der Waals surface area (Å²) in [7, 11) is 0. The summed E-state index contributed by atoms with van der Waals surface area (Å²) in [5, 5.41) is 3.21. The SMILES string of the molecule is CC(NC(=O)c1ccc(Cl)cc1N(c1nsnc1Cc1ccccc1)S(=O)[O-])c1ccc(Br)cc1. The Morgan fingerprint density at radius 3 is 2.54 bits per heavy atom. The molecule has 2 unspecified atom stereocenters. The van der Waals surface area contributed by atoms with Crippen molar-refractivity contribution < 1.29 is 13.6 Å². The fraction of sp³-hybridized carbons (Fsp3) is 0.125. The molecule has 0 aliphatic carbocycles. The van der Waals surface area contributed by atoms with E-state index in [0.717, 1.165) is 31.6 Å². The average Bonchev–Trinajstić information content (AvgIpc) is 3.27. The molecule has 4 aromatic rings. The fourth-order valence-electron chi connectivity index (χ4n) is 3.50. The number of amides is 1. The van der Waals surface area contributed by atoms with Gasteiger partial charge in [-0.05, 0) is 48.4 Å². The lowest BCUT2D eigenvalue weighted by Gasteiger charge is -2.27. The minimum atomic E-state index is -2.79. The maximum Gasteiger partial charge on any atom is 0.253 e. The Labute approximate surface area is 223 Å². The van der Waals surface area contributed by atoms with Crippen LogP contribution in [0.2, 0.25) is 5.02 Å². The Morgan fingerprint density at radius 2 is 1.86 bits per heavy atom. The topological polar surface area (TPSA) is 98.2 Å². The van der Waals surface area contributed by atoms with Crippen LogP contribution in [0.25, 0.3) is 0 Å². The van der Waals surface area contributed by atoms with E-state index >= 15 is 0 Å². The highest BCUT2D eigenvalue weighted by Gasteiger charge is 2.25. The molecule has 1 aromatic heterocycles. The summed E-state index contributed by atoms with van der Waals surface area (Å²) in [6.45, 7) is 1.85. The minimum absolute atomic E-state index is 0.0911. The molecule has 0 spiro atoms. The molecule has 3 aromatic carbocycles. The van der Waals surface area contributed by atoms with E-state index in [0.29, 0.717) is 12.1 Å². The Balaban J connectivity index is 1.69. The number of halogens is 2. The van der Waals surface area contributed by atoms with Crippen LogP contribution in [0.5, 0.6) is 0 Å². The van der Waals surface area contributed by atoms with E-state index in [2.05, 4.69) is 30.0 Å². The summed E-state index contributed by atoms with van der Waals surface area (Å²) in [6.07, 6.45) is 0.378. The van der Waals surface area contributed by atoms with Gasteiger partial charge in [-0.2, -0.15) is 8.75 Å². The third kappa shape index (κ3) is 6.14. The molecule has 0 saturated carbocycles. The van der Waals surface area contributed by atoms with Gasteiger partial charge < -0.3 is 9.87 Å². The van der Waals surface area contributed by atoms with Crippen LogP contribution in [0.4, 0.5) is 11.5 Å². The molecule has 180 valence electrons. The molecule has 0 saturated heterocycles. The number of hydrogen-bond donors (Lipinski definition) is 1. The average molecular weight is 591 g/mol. The largest absolute Gasteiger partial charge is 0.755 e. The van der Waals surface area contributed by atoms with Gasteiger partial charge in [-0.15, -0.1) is 0 Å². The maximum atomic E-state index is 13.3. The second kappa shape index (κ2) is 11.4. The zero-order chi connectivity index (χ0) is 24.9. The van der Waals surface area contributed by atoms with Crippen molar-refractivity contribution in [1.82, 2.24) is 14.1 Å². The highest BCUT2D eigenvalue weighted by Crippen LogP contribution is 2.34. The number of nitrogens with zero attached hydrogens (tertiary/aromatic N) is 3. The van der Waals surface area contributed by atoms with Crippen molar-refractivity contribution in [1.29, 1.82) is 0 Å². The maximum absolute atomic E-state index is 13.3. The van der Waals surface area contributed by atoms with Crippen molar-refractivity contribution in [2.45, 2.75) is 19.4 Å². The van der Waals surface area contributed by atoms with Crippen LogP contribution < -0.4 is 9.62 Å². The molecule has 2 atom stereocenters. The van der Waals surface area contributed by atoms with E-state index in [1.165, 1.54) is 12.1 Å². The van der Waals surface area contributed by atoms with Crippen LogP contribution in [0.3, 0.4) is 0 Å². The fourth-order valence-corrected chi connectivity index (χ4v) is 5.13. The number of carbonyl (C=O) groups excluding carboxylic acids is 1. The van der Waals surface area contributed by atoms with Crippen LogP contribution in [-0.2, 0) is 17.7 Å². The van der Waals surface area contributed by atoms with E-state index in [1.807, 2.05) is 61.5 Å². The highest BCUT2D eigenvalue weighted by molar-refractivity contribution is 9.10. The van der Waals surface area contributed by atoms with Gasteiger partial charge in [0.25, 0.3) is 5.91 Å². The first-order valence-electron chi connectivity index (χ1n) is 10.4. The quantitative estimate of drug-likeness (QED) is 0.255. The van der Waals surface area contributed by atoms with Gasteiger partial charge in [0.05, 0.1) is 40.3 Å². The summed E-state index contributed by atoms with van der Waals surface area (Å²) < 4.78 is 35.3. The second-order valence-corrected chi connectivity index (χ2v) is 10.3. The Morgan fingerprint density at radius 1 is 1.14 bits per heavy atom. The van der Waals surface area contributed by atoms with Crippen molar-refractivity contribution in [2.24, 2.45) is 0 Å². The molecule has 0 fully saturated rings. The Bertz CT molecular complexity index is 1350. The standard InChI is InChI=1S/C24H20BrClN4O3S2/c1-15(17-7-9-18(25)10-8-17)27-24(31)20-12-11-19(26)14-22(20)30(35(32)33)23-21(28-34-29-23)13-16-5-3-2-4-6-16/h2-12,14-15H,13H2,1H3,(H,27,31)(H,32,33)/p-1. The molecular weight excluding hydrogens is 572 g/mol. The van der Waals surface area contributed by atoms with Crippen LogP contribution in [0.1, 0.15) is 40.1 Å². The first kappa shape index (κ1) is 25.5. The van der Waals surface area contributed by atoms with Gasteiger partial charge >= 0.3 is 0 Å². The third-order valence-electron chi connectivity index (χ3n) is 5.23. The molecule has 35 heavy (non-hydrogen) atoms. The summed E-state index contributed by atoms with van der Waals surface area (Å²) in [4.78, 5) is 13.3. The lowest BCUT2D eigenvalue weighted by Crippen LogP contribution is -2.30. The van der Waals surface area contributed by atoms with Crippen molar-refractivity contribution in [3.63, 3.8) is 0 Å². The van der Waals surface area contributed by atoms with Crippen LogP contribution in [0, 0.1) is 0 Å². The zero-order valence-electron chi connectivity index (χ0n) is 18.4. The van der Waals surface area contributed by atoms with Gasteiger partial charge in [0.2, 0.25) is 0 Å². The molecule has 1 N–H and O–H groups in total. The molecule has 1 heterocycles. The van der Waals surface area contributed by atoms with E-state index in [9.17, 15) is 13.6 Å². The van der Waals surface area contributed by atoms with Gasteiger partial charge in [0.15, 0.2) is 5.82 Å². The van der Waals surface area contributed by atoms with E-state index in [4.69, 9.17) is 11.6 Å². The number of carbonyl (C=O) groups is 1. The normalized spacial score (nSPS) is 12.7. The van der Waals surface area contributed by atoms with Crippen molar-refractivity contribution in [2.75, 3.05) is 4.31 Å². The molecular formula is C24H19BrClN4O3S2-. The first-order valence-corrected chi connectivity index (χ1v) is 13.4. The van der Waals surface area contributed by atoms with Crippen molar-refractivity contribution in [3.05, 3.63) is 105 Å². The van der Waals surface area contributed by atoms with Crippen LogP contribution in [0.15, 0.2) is 77.3 Å². The highest BCUT2D eigenvalue weighted by atomic mass is 79.9. The zero-order valence-corrected chi connectivity index (χ0v) is 22.3. The summed E-state index contributed by atoms with van der Waals surface area (Å²) in [6, 6.07) is 21.2. The van der Waals surface area contributed by atoms with Crippen molar-refractivity contribution in [3.8, 4) is 0 Å². The van der Waals surface area contributed by atoms with Crippen LogP contribution in [-0.4, -0.2) is 23.4 Å². The first-order chi connectivity index (χ1) is 16.8. The molecule has 0 aliphatic heterocycles. The summed E-state index contributed by atoms with van der Waals surface area (Å²) >= 11 is 7.73. The number of benzene rings is 3. The molecule has 0 aliphatic rings. The molecule has 1 amide bonds. The van der Waals surface area contributed by atoms with Gasteiger partial charge in [-0.25, -0.2) is 0 Å².